The van der Waals surface area contributed by atoms with E-state index < -0.39 is 0 Å². The lowest BCUT2D eigenvalue weighted by atomic mass is 10.0. The minimum atomic E-state index is 0.0194. The summed E-state index contributed by atoms with van der Waals surface area (Å²) in [6, 6.07) is 12.3. The Morgan fingerprint density at radius 1 is 1.19 bits per heavy atom. The molecule has 1 amide bonds. The van der Waals surface area contributed by atoms with Gasteiger partial charge in [-0.15, -0.1) is 0 Å². The highest BCUT2D eigenvalue weighted by Gasteiger charge is 2.33. The maximum Gasteiger partial charge on any atom is 0.259 e. The molecular formula is C21H25N3O2. The minimum Gasteiger partial charge on any atom is -0.480 e. The fraction of sp³-hybridized carbons (Fsp3) is 0.429. The normalized spacial score (nSPS) is 20.1. The van der Waals surface area contributed by atoms with Crippen molar-refractivity contribution in [2.45, 2.75) is 25.3 Å². The predicted octanol–water partition coefficient (Wildman–Crippen LogP) is 2.71. The number of ether oxygens (including phenoxy) is 1. The molecule has 2 heterocycles. The molecule has 0 saturated carbocycles. The van der Waals surface area contributed by atoms with E-state index in [0.29, 0.717) is 18.0 Å². The lowest BCUT2D eigenvalue weighted by Gasteiger charge is -2.40. The highest BCUT2D eigenvalue weighted by atomic mass is 16.5. The maximum absolute atomic E-state index is 13.5. The van der Waals surface area contributed by atoms with Crippen LogP contribution in [-0.2, 0) is 12.8 Å². The molecule has 4 rings (SSSR count). The predicted molar refractivity (Wildman–Crippen MR) is 101 cm³/mol. The first-order valence-corrected chi connectivity index (χ1v) is 9.28. The molecule has 0 N–H and O–H groups in total. The number of piperazine rings is 1. The molecule has 0 radical (unpaired) electrons. The quantitative estimate of drug-likeness (QED) is 0.853. The zero-order chi connectivity index (χ0) is 18.1. The molecule has 26 heavy (non-hydrogen) atoms. The van der Waals surface area contributed by atoms with E-state index in [9.17, 15) is 4.79 Å². The topological polar surface area (TPSA) is 45.7 Å². The van der Waals surface area contributed by atoms with Crippen molar-refractivity contribution in [3.05, 3.63) is 58.8 Å². The van der Waals surface area contributed by atoms with E-state index in [4.69, 9.17) is 4.74 Å². The Morgan fingerprint density at radius 3 is 2.77 bits per heavy atom. The van der Waals surface area contributed by atoms with Gasteiger partial charge in [0.15, 0.2) is 0 Å². The van der Waals surface area contributed by atoms with Crippen molar-refractivity contribution in [2.75, 3.05) is 33.8 Å². The molecule has 5 heteroatoms. The highest BCUT2D eigenvalue weighted by Crippen LogP contribution is 2.31. The summed E-state index contributed by atoms with van der Waals surface area (Å²) in [4.78, 5) is 22.3. The van der Waals surface area contributed by atoms with Crippen molar-refractivity contribution in [1.82, 2.24) is 14.8 Å². The minimum absolute atomic E-state index is 0.0194. The van der Waals surface area contributed by atoms with Gasteiger partial charge in [0, 0.05) is 25.3 Å². The largest absolute Gasteiger partial charge is 0.480 e. The molecule has 1 atom stereocenters. The number of aryl methyl sites for hydroxylation is 2. The summed E-state index contributed by atoms with van der Waals surface area (Å²) in [6.45, 7) is 2.40. The molecule has 1 aliphatic carbocycles. The van der Waals surface area contributed by atoms with Crippen LogP contribution in [0.5, 0.6) is 5.88 Å². The van der Waals surface area contributed by atoms with Crippen LogP contribution < -0.4 is 4.74 Å². The fourth-order valence-electron chi connectivity index (χ4n) is 4.04. The van der Waals surface area contributed by atoms with Gasteiger partial charge in [0.1, 0.15) is 5.56 Å². The third-order valence-corrected chi connectivity index (χ3v) is 5.47. The number of pyridine rings is 1. The summed E-state index contributed by atoms with van der Waals surface area (Å²) < 4.78 is 5.48. The molecule has 0 bridgehead atoms. The van der Waals surface area contributed by atoms with Gasteiger partial charge in [0.25, 0.3) is 5.91 Å². The van der Waals surface area contributed by atoms with Gasteiger partial charge in [0.05, 0.1) is 13.2 Å². The fourth-order valence-corrected chi connectivity index (χ4v) is 4.04. The monoisotopic (exact) mass is 351 g/mol. The second-order valence-electron chi connectivity index (χ2n) is 7.19. The van der Waals surface area contributed by atoms with Gasteiger partial charge in [-0.3, -0.25) is 4.79 Å². The van der Waals surface area contributed by atoms with Gasteiger partial charge in [-0.1, -0.05) is 30.3 Å². The summed E-state index contributed by atoms with van der Waals surface area (Å²) in [6.07, 6.45) is 3.07. The highest BCUT2D eigenvalue weighted by molar-refractivity contribution is 5.97. The zero-order valence-electron chi connectivity index (χ0n) is 15.4. The third-order valence-electron chi connectivity index (χ3n) is 5.47. The number of aromatic nitrogens is 1. The Hall–Kier alpha value is -2.40. The molecule has 2 aromatic rings. The van der Waals surface area contributed by atoms with Gasteiger partial charge in [-0.2, -0.15) is 0 Å². The van der Waals surface area contributed by atoms with E-state index in [1.807, 2.05) is 29.2 Å². The van der Waals surface area contributed by atoms with E-state index in [-0.39, 0.29) is 11.9 Å². The Labute approximate surface area is 154 Å². The number of amides is 1. The second-order valence-corrected chi connectivity index (χ2v) is 7.19. The Bertz CT molecular complexity index is 806. The van der Waals surface area contributed by atoms with Gasteiger partial charge in [0.2, 0.25) is 5.88 Å². The molecule has 1 fully saturated rings. The summed E-state index contributed by atoms with van der Waals surface area (Å²) in [5.41, 5.74) is 4.04. The van der Waals surface area contributed by atoms with Crippen LogP contribution in [0.25, 0.3) is 0 Å². The number of nitrogens with zero attached hydrogens (tertiary/aromatic N) is 3. The maximum atomic E-state index is 13.5. The number of fused-ring (bicyclic) bond motifs is 1. The lowest BCUT2D eigenvalue weighted by Crippen LogP contribution is -2.49. The number of benzene rings is 1. The standard InChI is InChI=1S/C21H25N3O2/c1-23-11-12-24(19(14-23)15-7-4-3-5-8-15)21(25)17-13-16-9-6-10-18(16)22-20(17)26-2/h3-5,7-8,13,19H,6,9-12,14H2,1-2H3/t19-/m1/s1. The number of hydrogen-bond acceptors (Lipinski definition) is 4. The summed E-state index contributed by atoms with van der Waals surface area (Å²) in [5.74, 6) is 0.479. The van der Waals surface area contributed by atoms with Crippen LogP contribution in [0.1, 0.15) is 39.6 Å². The van der Waals surface area contributed by atoms with Crippen LogP contribution in [-0.4, -0.2) is 54.5 Å². The zero-order valence-corrected chi connectivity index (χ0v) is 15.4. The number of methoxy groups -OCH3 is 1. The van der Waals surface area contributed by atoms with Crippen LogP contribution in [0.2, 0.25) is 0 Å². The van der Waals surface area contributed by atoms with Gasteiger partial charge in [-0.05, 0) is 43.5 Å². The van der Waals surface area contributed by atoms with Crippen LogP contribution in [0.4, 0.5) is 0 Å². The number of likely N-dealkylation sites (N-methyl/N-ethyl adjacent to an activating group) is 1. The van der Waals surface area contributed by atoms with E-state index >= 15 is 0 Å². The Kier molecular flexibility index (Phi) is 4.64. The van der Waals surface area contributed by atoms with Crippen LogP contribution in [0.3, 0.4) is 0 Å². The van der Waals surface area contributed by atoms with Crippen molar-refractivity contribution in [1.29, 1.82) is 0 Å². The molecular weight excluding hydrogens is 326 g/mol. The number of carbonyl (C=O) groups excluding carboxylic acids is 1. The molecule has 2 aliphatic rings. The summed E-state index contributed by atoms with van der Waals surface area (Å²) in [5, 5.41) is 0. The first kappa shape index (κ1) is 17.0. The van der Waals surface area contributed by atoms with Crippen LogP contribution >= 0.6 is 0 Å². The molecule has 5 nitrogen and oxygen atoms in total. The summed E-state index contributed by atoms with van der Waals surface area (Å²) in [7, 11) is 3.70. The Balaban J connectivity index is 1.70. The van der Waals surface area contributed by atoms with Crippen molar-refractivity contribution < 1.29 is 9.53 Å². The Morgan fingerprint density at radius 2 is 2.00 bits per heavy atom. The number of rotatable bonds is 3. The van der Waals surface area contributed by atoms with Crippen molar-refractivity contribution in [2.24, 2.45) is 0 Å². The van der Waals surface area contributed by atoms with Crippen LogP contribution in [0.15, 0.2) is 36.4 Å². The SMILES string of the molecule is COc1nc2c(cc1C(=O)N1CCN(C)C[C@@H]1c1ccccc1)CCC2. The van der Waals surface area contributed by atoms with Crippen molar-refractivity contribution in [3.63, 3.8) is 0 Å². The molecule has 1 aromatic heterocycles. The van der Waals surface area contributed by atoms with Gasteiger partial charge >= 0.3 is 0 Å². The summed E-state index contributed by atoms with van der Waals surface area (Å²) >= 11 is 0. The van der Waals surface area contributed by atoms with Crippen molar-refractivity contribution >= 4 is 5.91 Å². The average Bonchev–Trinajstić information content (AvgIpc) is 3.14. The average molecular weight is 351 g/mol. The number of hydrogen-bond donors (Lipinski definition) is 0. The molecule has 0 spiro atoms. The third kappa shape index (κ3) is 3.07. The van der Waals surface area contributed by atoms with E-state index in [1.54, 1.807) is 7.11 Å². The molecule has 1 saturated heterocycles. The molecule has 1 aliphatic heterocycles. The second kappa shape index (κ2) is 7.08. The lowest BCUT2D eigenvalue weighted by molar-refractivity contribution is 0.0494. The van der Waals surface area contributed by atoms with E-state index in [0.717, 1.165) is 38.0 Å². The van der Waals surface area contributed by atoms with Gasteiger partial charge in [-0.25, -0.2) is 4.98 Å². The van der Waals surface area contributed by atoms with Gasteiger partial charge < -0.3 is 14.5 Å². The van der Waals surface area contributed by atoms with Crippen LogP contribution in [0, 0.1) is 0 Å². The first-order valence-electron chi connectivity index (χ1n) is 9.28. The molecule has 1 aromatic carbocycles. The molecule has 0 unspecified atom stereocenters. The van der Waals surface area contributed by atoms with Crippen molar-refractivity contribution in [3.8, 4) is 5.88 Å². The molecule has 136 valence electrons. The number of carbonyl (C=O) groups is 1. The smallest absolute Gasteiger partial charge is 0.259 e. The first-order chi connectivity index (χ1) is 12.7. The van der Waals surface area contributed by atoms with E-state index in [2.05, 4.69) is 29.1 Å². The van der Waals surface area contributed by atoms with E-state index in [1.165, 1.54) is 11.1 Å².